The van der Waals surface area contributed by atoms with Crippen LogP contribution in [0, 0.1) is 13.8 Å². The third-order valence-electron chi connectivity index (χ3n) is 2.32. The number of carbonyl (C=O) groups is 1. The lowest BCUT2D eigenvalue weighted by Gasteiger charge is -2.01. The first-order valence-electron chi connectivity index (χ1n) is 5.07. The highest BCUT2D eigenvalue weighted by atomic mass is 16.1. The maximum atomic E-state index is 12.0. The van der Waals surface area contributed by atoms with E-state index in [2.05, 4.69) is 9.97 Å². The molecule has 2 heterocycles. The Balaban J connectivity index is 2.35. The van der Waals surface area contributed by atoms with Gasteiger partial charge in [0.25, 0.3) is 0 Å². The summed E-state index contributed by atoms with van der Waals surface area (Å²) < 4.78 is 0. The summed E-state index contributed by atoms with van der Waals surface area (Å²) in [5, 5.41) is 0. The van der Waals surface area contributed by atoms with Crippen molar-refractivity contribution in [2.24, 2.45) is 0 Å². The molecule has 0 bridgehead atoms. The van der Waals surface area contributed by atoms with E-state index in [1.54, 1.807) is 24.5 Å². The second-order valence-electron chi connectivity index (χ2n) is 3.74. The zero-order chi connectivity index (χ0) is 11.5. The minimum Gasteiger partial charge on any atom is -0.287 e. The maximum Gasteiger partial charge on any atom is 0.212 e. The van der Waals surface area contributed by atoms with Crippen LogP contribution in [0.3, 0.4) is 0 Å². The average molecular weight is 212 g/mol. The lowest BCUT2D eigenvalue weighted by atomic mass is 10.1. The lowest BCUT2D eigenvalue weighted by molar-refractivity contribution is 0.103. The molecule has 0 aliphatic rings. The van der Waals surface area contributed by atoms with Gasteiger partial charge in [0, 0.05) is 23.7 Å². The Morgan fingerprint density at radius 2 is 1.94 bits per heavy atom. The number of hydrogen-bond donors (Lipinski definition) is 0. The highest BCUT2D eigenvalue weighted by Gasteiger charge is 2.10. The Kier molecular flexibility index (Phi) is 2.77. The van der Waals surface area contributed by atoms with Crippen molar-refractivity contribution in [2.45, 2.75) is 13.8 Å². The first-order valence-corrected chi connectivity index (χ1v) is 5.07. The Hall–Kier alpha value is -2.03. The first-order chi connectivity index (χ1) is 7.66. The molecule has 0 saturated heterocycles. The van der Waals surface area contributed by atoms with Crippen molar-refractivity contribution in [1.29, 1.82) is 0 Å². The van der Waals surface area contributed by atoms with Gasteiger partial charge in [-0.05, 0) is 43.7 Å². The summed E-state index contributed by atoms with van der Waals surface area (Å²) in [7, 11) is 0. The van der Waals surface area contributed by atoms with E-state index in [0.717, 1.165) is 11.3 Å². The zero-order valence-corrected chi connectivity index (χ0v) is 9.27. The van der Waals surface area contributed by atoms with Gasteiger partial charge in [0.1, 0.15) is 5.69 Å². The van der Waals surface area contributed by atoms with Crippen molar-refractivity contribution in [3.05, 3.63) is 59.2 Å². The van der Waals surface area contributed by atoms with Crippen molar-refractivity contribution in [3.8, 4) is 0 Å². The number of nitrogens with zero attached hydrogens (tertiary/aromatic N) is 2. The molecule has 0 fully saturated rings. The average Bonchev–Trinajstić information content (AvgIpc) is 2.29. The van der Waals surface area contributed by atoms with E-state index in [0.29, 0.717) is 11.3 Å². The Labute approximate surface area is 94.2 Å². The van der Waals surface area contributed by atoms with Gasteiger partial charge >= 0.3 is 0 Å². The van der Waals surface area contributed by atoms with E-state index in [9.17, 15) is 4.79 Å². The number of aryl methyl sites for hydroxylation is 2. The molecule has 3 heteroatoms. The maximum absolute atomic E-state index is 12.0. The zero-order valence-electron chi connectivity index (χ0n) is 9.27. The SMILES string of the molecule is Cc1ccnc(C(=O)c2ccc(C)nc2)c1. The van der Waals surface area contributed by atoms with Crippen LogP contribution in [0.1, 0.15) is 27.3 Å². The fourth-order valence-corrected chi connectivity index (χ4v) is 1.41. The molecule has 0 aliphatic carbocycles. The van der Waals surface area contributed by atoms with Gasteiger partial charge in [-0.1, -0.05) is 0 Å². The molecule has 2 rings (SSSR count). The number of carbonyl (C=O) groups excluding carboxylic acids is 1. The van der Waals surface area contributed by atoms with Gasteiger partial charge in [0.15, 0.2) is 0 Å². The first kappa shape index (κ1) is 10.5. The highest BCUT2D eigenvalue weighted by Crippen LogP contribution is 2.08. The van der Waals surface area contributed by atoms with E-state index >= 15 is 0 Å². The topological polar surface area (TPSA) is 42.9 Å². The van der Waals surface area contributed by atoms with Gasteiger partial charge in [-0.15, -0.1) is 0 Å². The third-order valence-corrected chi connectivity index (χ3v) is 2.32. The van der Waals surface area contributed by atoms with Crippen molar-refractivity contribution >= 4 is 5.78 Å². The molecule has 16 heavy (non-hydrogen) atoms. The second kappa shape index (κ2) is 4.23. The summed E-state index contributed by atoms with van der Waals surface area (Å²) in [4.78, 5) is 20.2. The molecule has 0 radical (unpaired) electrons. The molecule has 0 unspecified atom stereocenters. The lowest BCUT2D eigenvalue weighted by Crippen LogP contribution is -2.04. The molecule has 0 aromatic carbocycles. The van der Waals surface area contributed by atoms with E-state index < -0.39 is 0 Å². The van der Waals surface area contributed by atoms with Crippen LogP contribution in [-0.2, 0) is 0 Å². The predicted octanol–water partition coefficient (Wildman–Crippen LogP) is 2.32. The predicted molar refractivity (Wildman–Crippen MR) is 61.4 cm³/mol. The van der Waals surface area contributed by atoms with Crippen LogP contribution in [0.25, 0.3) is 0 Å². The molecule has 2 aromatic heterocycles. The standard InChI is InChI=1S/C13H12N2O/c1-9-5-6-14-12(7-9)13(16)11-4-3-10(2)15-8-11/h3-8H,1-2H3. The molecular formula is C13H12N2O. The highest BCUT2D eigenvalue weighted by molar-refractivity contribution is 6.07. The van der Waals surface area contributed by atoms with Gasteiger partial charge < -0.3 is 0 Å². The van der Waals surface area contributed by atoms with Crippen LogP contribution >= 0.6 is 0 Å². The summed E-state index contributed by atoms with van der Waals surface area (Å²) in [6, 6.07) is 7.24. The molecule has 0 atom stereocenters. The van der Waals surface area contributed by atoms with Gasteiger partial charge in [-0.3, -0.25) is 14.8 Å². The monoisotopic (exact) mass is 212 g/mol. The minimum absolute atomic E-state index is 0.0869. The molecule has 0 amide bonds. The van der Waals surface area contributed by atoms with E-state index in [1.165, 1.54) is 0 Å². The quantitative estimate of drug-likeness (QED) is 0.717. The van der Waals surface area contributed by atoms with Crippen molar-refractivity contribution in [1.82, 2.24) is 9.97 Å². The molecular weight excluding hydrogens is 200 g/mol. The Morgan fingerprint density at radius 1 is 1.12 bits per heavy atom. The summed E-state index contributed by atoms with van der Waals surface area (Å²) in [6.45, 7) is 3.82. The van der Waals surface area contributed by atoms with E-state index in [4.69, 9.17) is 0 Å². The normalized spacial score (nSPS) is 10.1. The van der Waals surface area contributed by atoms with Crippen LogP contribution in [0.4, 0.5) is 0 Å². The fourth-order valence-electron chi connectivity index (χ4n) is 1.41. The number of hydrogen-bond acceptors (Lipinski definition) is 3. The summed E-state index contributed by atoms with van der Waals surface area (Å²) in [5.41, 5.74) is 2.96. The van der Waals surface area contributed by atoms with Crippen LogP contribution in [-0.4, -0.2) is 15.8 Å². The number of rotatable bonds is 2. The molecule has 2 aromatic rings. The molecule has 0 N–H and O–H groups in total. The molecule has 0 saturated carbocycles. The van der Waals surface area contributed by atoms with Crippen LogP contribution < -0.4 is 0 Å². The molecule has 3 nitrogen and oxygen atoms in total. The number of pyridine rings is 2. The Bertz CT molecular complexity index is 518. The van der Waals surface area contributed by atoms with Gasteiger partial charge in [-0.2, -0.15) is 0 Å². The second-order valence-corrected chi connectivity index (χ2v) is 3.74. The summed E-state index contributed by atoms with van der Waals surface area (Å²) in [6.07, 6.45) is 3.23. The van der Waals surface area contributed by atoms with E-state index in [1.807, 2.05) is 26.0 Å². The van der Waals surface area contributed by atoms with Gasteiger partial charge in [0.2, 0.25) is 5.78 Å². The van der Waals surface area contributed by atoms with Crippen LogP contribution in [0.5, 0.6) is 0 Å². The van der Waals surface area contributed by atoms with Gasteiger partial charge in [-0.25, -0.2) is 0 Å². The number of ketones is 1. The minimum atomic E-state index is -0.0869. The smallest absolute Gasteiger partial charge is 0.212 e. The third kappa shape index (κ3) is 2.14. The molecule has 0 spiro atoms. The van der Waals surface area contributed by atoms with Gasteiger partial charge in [0.05, 0.1) is 0 Å². The fraction of sp³-hybridized carbons (Fsp3) is 0.154. The van der Waals surface area contributed by atoms with Crippen molar-refractivity contribution in [2.75, 3.05) is 0 Å². The van der Waals surface area contributed by atoms with Crippen LogP contribution in [0.2, 0.25) is 0 Å². The largest absolute Gasteiger partial charge is 0.287 e. The summed E-state index contributed by atoms with van der Waals surface area (Å²) in [5.74, 6) is -0.0869. The molecule has 0 aliphatic heterocycles. The number of aromatic nitrogens is 2. The van der Waals surface area contributed by atoms with Crippen LogP contribution in [0.15, 0.2) is 36.7 Å². The molecule has 80 valence electrons. The van der Waals surface area contributed by atoms with E-state index in [-0.39, 0.29) is 5.78 Å². The summed E-state index contributed by atoms with van der Waals surface area (Å²) >= 11 is 0. The van der Waals surface area contributed by atoms with Crippen molar-refractivity contribution < 1.29 is 4.79 Å². The van der Waals surface area contributed by atoms with Crippen molar-refractivity contribution in [3.63, 3.8) is 0 Å². The Morgan fingerprint density at radius 3 is 2.56 bits per heavy atom.